The highest BCUT2D eigenvalue weighted by molar-refractivity contribution is 5.90. The Hall–Kier alpha value is -1.88. The van der Waals surface area contributed by atoms with E-state index in [-0.39, 0.29) is 18.7 Å². The van der Waals surface area contributed by atoms with E-state index in [1.54, 1.807) is 31.2 Å². The van der Waals surface area contributed by atoms with Crippen LogP contribution in [0, 0.1) is 0 Å². The summed E-state index contributed by atoms with van der Waals surface area (Å²) in [4.78, 5) is 23.4. The second kappa shape index (κ2) is 5.63. The van der Waals surface area contributed by atoms with E-state index < -0.39 is 11.3 Å². The Morgan fingerprint density at radius 1 is 1.30 bits per heavy atom. The summed E-state index contributed by atoms with van der Waals surface area (Å²) in [6.45, 7) is 1.91. The minimum absolute atomic E-state index is 0.0755. The lowest BCUT2D eigenvalue weighted by molar-refractivity contribution is -0.124. The highest BCUT2D eigenvalue weighted by Crippen LogP contribution is 2.27. The molecule has 1 atom stereocenters. The number of carbonyl (C=O) groups is 2. The maximum Gasteiger partial charge on any atom is 0.338 e. The van der Waals surface area contributed by atoms with Gasteiger partial charge >= 0.3 is 5.97 Å². The van der Waals surface area contributed by atoms with Gasteiger partial charge in [-0.1, -0.05) is 12.1 Å². The van der Waals surface area contributed by atoms with Crippen LogP contribution >= 0.6 is 0 Å². The third-order valence-corrected chi connectivity index (χ3v) is 3.53. The molecule has 20 heavy (non-hydrogen) atoms. The Labute approximate surface area is 118 Å². The van der Waals surface area contributed by atoms with Gasteiger partial charge in [0.2, 0.25) is 5.91 Å². The Morgan fingerprint density at radius 3 is 2.35 bits per heavy atom. The van der Waals surface area contributed by atoms with E-state index in [9.17, 15) is 9.59 Å². The fourth-order valence-corrected chi connectivity index (χ4v) is 1.96. The van der Waals surface area contributed by atoms with Crippen LogP contribution in [0.25, 0.3) is 0 Å². The molecule has 0 heterocycles. The van der Waals surface area contributed by atoms with Crippen LogP contribution in [0.4, 0.5) is 0 Å². The maximum absolute atomic E-state index is 11.8. The molecule has 1 aliphatic rings. The standard InChI is InChI=1S/C15H19NO4/c1-15(9-19-2,14(16)18)11-5-3-10(4-6-11)13(17)20-12-7-8-12/h3-6,12H,7-9H2,1-2H3,(H2,16,18). The zero-order valence-electron chi connectivity index (χ0n) is 11.7. The van der Waals surface area contributed by atoms with E-state index in [4.69, 9.17) is 15.2 Å². The van der Waals surface area contributed by atoms with Crippen molar-refractivity contribution < 1.29 is 19.1 Å². The van der Waals surface area contributed by atoms with Crippen molar-refractivity contribution >= 4 is 11.9 Å². The fourth-order valence-electron chi connectivity index (χ4n) is 1.96. The molecule has 1 fully saturated rings. The minimum Gasteiger partial charge on any atom is -0.459 e. The largest absolute Gasteiger partial charge is 0.459 e. The van der Waals surface area contributed by atoms with Crippen LogP contribution in [-0.2, 0) is 19.7 Å². The predicted molar refractivity (Wildman–Crippen MR) is 73.3 cm³/mol. The van der Waals surface area contributed by atoms with E-state index >= 15 is 0 Å². The van der Waals surface area contributed by atoms with Crippen molar-refractivity contribution in [3.63, 3.8) is 0 Å². The lowest BCUT2D eigenvalue weighted by atomic mass is 9.82. The third-order valence-electron chi connectivity index (χ3n) is 3.53. The monoisotopic (exact) mass is 277 g/mol. The van der Waals surface area contributed by atoms with Gasteiger partial charge in [0, 0.05) is 7.11 Å². The Bertz CT molecular complexity index is 507. The summed E-state index contributed by atoms with van der Waals surface area (Å²) in [5.74, 6) is -0.792. The zero-order valence-corrected chi connectivity index (χ0v) is 11.7. The molecule has 5 nitrogen and oxygen atoms in total. The number of nitrogens with two attached hydrogens (primary N) is 1. The number of rotatable bonds is 6. The number of benzene rings is 1. The molecule has 0 aliphatic heterocycles. The lowest BCUT2D eigenvalue weighted by Crippen LogP contribution is -2.42. The predicted octanol–water partition coefficient (Wildman–Crippen LogP) is 1.40. The van der Waals surface area contributed by atoms with Crippen LogP contribution in [0.2, 0.25) is 0 Å². The van der Waals surface area contributed by atoms with Crippen LogP contribution in [0.1, 0.15) is 35.7 Å². The minimum atomic E-state index is -0.909. The van der Waals surface area contributed by atoms with E-state index in [2.05, 4.69) is 0 Å². The van der Waals surface area contributed by atoms with Gasteiger partial charge in [-0.05, 0) is 37.5 Å². The molecule has 1 aromatic carbocycles. The van der Waals surface area contributed by atoms with E-state index in [1.807, 2.05) is 0 Å². The van der Waals surface area contributed by atoms with Crippen molar-refractivity contribution in [1.82, 2.24) is 0 Å². The van der Waals surface area contributed by atoms with Crippen molar-refractivity contribution in [2.75, 3.05) is 13.7 Å². The lowest BCUT2D eigenvalue weighted by Gasteiger charge is -2.25. The topological polar surface area (TPSA) is 78.6 Å². The number of primary amides is 1. The molecule has 5 heteroatoms. The first kappa shape index (κ1) is 14.5. The van der Waals surface area contributed by atoms with E-state index in [0.717, 1.165) is 18.4 Å². The quantitative estimate of drug-likeness (QED) is 0.797. The summed E-state index contributed by atoms with van der Waals surface area (Å²) in [5, 5.41) is 0. The van der Waals surface area contributed by atoms with Gasteiger partial charge in [-0.15, -0.1) is 0 Å². The van der Waals surface area contributed by atoms with Gasteiger partial charge in [-0.25, -0.2) is 4.79 Å². The second-order valence-electron chi connectivity index (χ2n) is 5.31. The van der Waals surface area contributed by atoms with Crippen molar-refractivity contribution in [3.8, 4) is 0 Å². The molecular weight excluding hydrogens is 258 g/mol. The van der Waals surface area contributed by atoms with Gasteiger partial charge in [0.05, 0.1) is 17.6 Å². The van der Waals surface area contributed by atoms with Gasteiger partial charge in [0.25, 0.3) is 0 Å². The van der Waals surface area contributed by atoms with Crippen LogP contribution in [0.15, 0.2) is 24.3 Å². The maximum atomic E-state index is 11.8. The molecule has 0 aromatic heterocycles. The van der Waals surface area contributed by atoms with Crippen molar-refractivity contribution in [2.24, 2.45) is 5.73 Å². The van der Waals surface area contributed by atoms with Crippen molar-refractivity contribution in [1.29, 1.82) is 0 Å². The Kier molecular flexibility index (Phi) is 4.09. The van der Waals surface area contributed by atoms with Gasteiger partial charge < -0.3 is 15.2 Å². The molecule has 0 radical (unpaired) electrons. The number of hydrogen-bond donors (Lipinski definition) is 1. The van der Waals surface area contributed by atoms with E-state index in [0.29, 0.717) is 5.56 Å². The molecule has 1 unspecified atom stereocenters. The third kappa shape index (κ3) is 2.99. The average Bonchev–Trinajstić information content (AvgIpc) is 3.22. The first-order chi connectivity index (χ1) is 9.47. The molecule has 2 rings (SSSR count). The first-order valence-electron chi connectivity index (χ1n) is 6.58. The van der Waals surface area contributed by atoms with Gasteiger partial charge in [-0.3, -0.25) is 4.79 Å². The Balaban J connectivity index is 2.17. The number of hydrogen-bond acceptors (Lipinski definition) is 4. The van der Waals surface area contributed by atoms with E-state index in [1.165, 1.54) is 7.11 Å². The van der Waals surface area contributed by atoms with Gasteiger partial charge in [0.15, 0.2) is 0 Å². The fraction of sp³-hybridized carbons (Fsp3) is 0.467. The van der Waals surface area contributed by atoms with Crippen LogP contribution in [-0.4, -0.2) is 31.7 Å². The molecular formula is C15H19NO4. The van der Waals surface area contributed by atoms with Crippen LogP contribution in [0.5, 0.6) is 0 Å². The van der Waals surface area contributed by atoms with Gasteiger partial charge in [-0.2, -0.15) is 0 Å². The summed E-state index contributed by atoms with van der Waals surface area (Å²) in [7, 11) is 1.52. The summed E-state index contributed by atoms with van der Waals surface area (Å²) >= 11 is 0. The van der Waals surface area contributed by atoms with Crippen molar-refractivity contribution in [3.05, 3.63) is 35.4 Å². The molecule has 0 spiro atoms. The number of ether oxygens (including phenoxy) is 2. The molecule has 0 bridgehead atoms. The number of amides is 1. The highest BCUT2D eigenvalue weighted by Gasteiger charge is 2.33. The van der Waals surface area contributed by atoms with Crippen LogP contribution < -0.4 is 5.73 Å². The first-order valence-corrected chi connectivity index (χ1v) is 6.58. The summed E-state index contributed by atoms with van der Waals surface area (Å²) in [6, 6.07) is 6.73. The van der Waals surface area contributed by atoms with Gasteiger partial charge in [0.1, 0.15) is 6.10 Å². The smallest absolute Gasteiger partial charge is 0.338 e. The number of carbonyl (C=O) groups excluding carboxylic acids is 2. The molecule has 2 N–H and O–H groups in total. The molecule has 0 saturated heterocycles. The SMILES string of the molecule is COCC(C)(C(N)=O)c1ccc(C(=O)OC2CC2)cc1. The Morgan fingerprint density at radius 2 is 1.90 bits per heavy atom. The zero-order chi connectivity index (χ0) is 14.8. The normalized spacial score (nSPS) is 17.3. The molecule has 108 valence electrons. The molecule has 1 aromatic rings. The number of methoxy groups -OCH3 is 1. The molecule has 1 amide bonds. The molecule has 1 aliphatic carbocycles. The molecule has 1 saturated carbocycles. The second-order valence-corrected chi connectivity index (χ2v) is 5.31. The average molecular weight is 277 g/mol. The summed E-state index contributed by atoms with van der Waals surface area (Å²) in [5.41, 5.74) is 5.74. The van der Waals surface area contributed by atoms with Crippen molar-refractivity contribution in [2.45, 2.75) is 31.3 Å². The highest BCUT2D eigenvalue weighted by atomic mass is 16.5. The number of esters is 1. The summed E-state index contributed by atoms with van der Waals surface area (Å²) < 4.78 is 10.3. The summed E-state index contributed by atoms with van der Waals surface area (Å²) in [6.07, 6.45) is 1.96. The van der Waals surface area contributed by atoms with Crippen LogP contribution in [0.3, 0.4) is 0 Å².